The maximum atomic E-state index is 11.7. The van der Waals surface area contributed by atoms with Gasteiger partial charge in [-0.2, -0.15) is 0 Å². The Morgan fingerprint density at radius 2 is 2.00 bits per heavy atom. The van der Waals surface area contributed by atoms with Crippen LogP contribution in [0.2, 0.25) is 0 Å². The summed E-state index contributed by atoms with van der Waals surface area (Å²) in [4.78, 5) is 14.1. The summed E-state index contributed by atoms with van der Waals surface area (Å²) in [6.45, 7) is 6.54. The number of likely N-dealkylation sites (tertiary alicyclic amines) is 1. The second-order valence-electron chi connectivity index (χ2n) is 4.94. The molecule has 0 aromatic rings. The minimum atomic E-state index is -0.594. The standard InChI is InChI=1S/C12H24N4O2/c1-9(16-6-4-3-5-7-16)8-14-12(17)10(2)11(13)15-18/h9-10,18H,3-8H2,1-2H3,(H2,13,15)(H,14,17). The molecule has 6 nitrogen and oxygen atoms in total. The lowest BCUT2D eigenvalue weighted by molar-refractivity contribution is -0.122. The van der Waals surface area contributed by atoms with Crippen molar-refractivity contribution in [3.8, 4) is 0 Å². The van der Waals surface area contributed by atoms with Crippen LogP contribution in [0, 0.1) is 5.92 Å². The van der Waals surface area contributed by atoms with Crippen LogP contribution in [-0.4, -0.2) is 47.5 Å². The van der Waals surface area contributed by atoms with Gasteiger partial charge in [0.05, 0.1) is 5.92 Å². The minimum absolute atomic E-state index is 0.0573. The molecule has 0 radical (unpaired) electrons. The van der Waals surface area contributed by atoms with Gasteiger partial charge in [0.1, 0.15) is 0 Å². The first-order valence-corrected chi connectivity index (χ1v) is 6.55. The highest BCUT2D eigenvalue weighted by Crippen LogP contribution is 2.11. The fourth-order valence-electron chi connectivity index (χ4n) is 2.11. The van der Waals surface area contributed by atoms with E-state index < -0.39 is 5.92 Å². The molecule has 2 unspecified atom stereocenters. The van der Waals surface area contributed by atoms with E-state index in [0.717, 1.165) is 13.1 Å². The summed E-state index contributed by atoms with van der Waals surface area (Å²) < 4.78 is 0. The molecule has 1 aliphatic heterocycles. The summed E-state index contributed by atoms with van der Waals surface area (Å²) in [5, 5.41) is 14.2. The minimum Gasteiger partial charge on any atom is -0.409 e. The van der Waals surface area contributed by atoms with Crippen LogP contribution in [-0.2, 0) is 4.79 Å². The molecule has 0 aliphatic carbocycles. The van der Waals surface area contributed by atoms with E-state index in [1.54, 1.807) is 6.92 Å². The molecular weight excluding hydrogens is 232 g/mol. The monoisotopic (exact) mass is 256 g/mol. The van der Waals surface area contributed by atoms with Gasteiger partial charge in [0.2, 0.25) is 5.91 Å². The molecule has 6 heteroatoms. The molecule has 1 rings (SSSR count). The van der Waals surface area contributed by atoms with Gasteiger partial charge >= 0.3 is 0 Å². The largest absolute Gasteiger partial charge is 0.409 e. The maximum Gasteiger partial charge on any atom is 0.230 e. The molecule has 1 fully saturated rings. The van der Waals surface area contributed by atoms with Gasteiger partial charge in [-0.05, 0) is 39.8 Å². The Labute approximate surface area is 108 Å². The Bertz CT molecular complexity index is 300. The number of amidine groups is 1. The normalized spacial score (nSPS) is 21.3. The quantitative estimate of drug-likeness (QED) is 0.287. The van der Waals surface area contributed by atoms with Gasteiger partial charge in [-0.1, -0.05) is 11.6 Å². The van der Waals surface area contributed by atoms with Crippen molar-refractivity contribution < 1.29 is 10.0 Å². The van der Waals surface area contributed by atoms with Crippen molar-refractivity contribution in [1.29, 1.82) is 0 Å². The fourth-order valence-corrected chi connectivity index (χ4v) is 2.11. The van der Waals surface area contributed by atoms with Crippen molar-refractivity contribution in [2.24, 2.45) is 16.8 Å². The number of hydrogen-bond donors (Lipinski definition) is 3. The first kappa shape index (κ1) is 14.8. The lowest BCUT2D eigenvalue weighted by atomic mass is 10.1. The predicted octanol–water partition coefficient (Wildman–Crippen LogP) is 0.360. The van der Waals surface area contributed by atoms with Gasteiger partial charge in [0.15, 0.2) is 5.84 Å². The molecule has 18 heavy (non-hydrogen) atoms. The smallest absolute Gasteiger partial charge is 0.230 e. The molecule has 1 saturated heterocycles. The van der Waals surface area contributed by atoms with Gasteiger partial charge < -0.3 is 16.3 Å². The summed E-state index contributed by atoms with van der Waals surface area (Å²) in [7, 11) is 0. The van der Waals surface area contributed by atoms with E-state index in [0.29, 0.717) is 12.6 Å². The zero-order valence-corrected chi connectivity index (χ0v) is 11.2. The Balaban J connectivity index is 2.33. The molecule has 1 aliphatic rings. The van der Waals surface area contributed by atoms with E-state index in [9.17, 15) is 4.79 Å². The highest BCUT2D eigenvalue weighted by molar-refractivity contribution is 6.01. The summed E-state index contributed by atoms with van der Waals surface area (Å²) in [6, 6.07) is 0.328. The van der Waals surface area contributed by atoms with E-state index in [4.69, 9.17) is 10.9 Å². The lowest BCUT2D eigenvalue weighted by Gasteiger charge is -2.32. The van der Waals surface area contributed by atoms with Crippen LogP contribution in [0.1, 0.15) is 33.1 Å². The van der Waals surface area contributed by atoms with Crippen LogP contribution in [0.3, 0.4) is 0 Å². The third-order valence-corrected chi connectivity index (χ3v) is 3.54. The van der Waals surface area contributed by atoms with Gasteiger partial charge in [-0.3, -0.25) is 9.69 Å². The summed E-state index contributed by atoms with van der Waals surface area (Å²) in [6.07, 6.45) is 3.77. The highest BCUT2D eigenvalue weighted by atomic mass is 16.4. The molecule has 104 valence electrons. The molecule has 1 amide bonds. The first-order valence-electron chi connectivity index (χ1n) is 6.55. The van der Waals surface area contributed by atoms with Crippen LogP contribution >= 0.6 is 0 Å². The molecule has 0 bridgehead atoms. The van der Waals surface area contributed by atoms with E-state index in [1.165, 1.54) is 19.3 Å². The average molecular weight is 256 g/mol. The van der Waals surface area contributed by atoms with Crippen molar-refractivity contribution in [3.63, 3.8) is 0 Å². The van der Waals surface area contributed by atoms with Crippen LogP contribution in [0.15, 0.2) is 5.16 Å². The third kappa shape index (κ3) is 4.18. The molecular formula is C12H24N4O2. The number of carbonyl (C=O) groups excluding carboxylic acids is 1. The molecule has 0 aromatic heterocycles. The Morgan fingerprint density at radius 3 is 2.56 bits per heavy atom. The first-order chi connectivity index (χ1) is 8.56. The second kappa shape index (κ2) is 7.20. The summed E-state index contributed by atoms with van der Waals surface area (Å²) in [5.74, 6) is -0.851. The number of hydrogen-bond acceptors (Lipinski definition) is 4. The molecule has 1 heterocycles. The van der Waals surface area contributed by atoms with Crippen molar-refractivity contribution >= 4 is 11.7 Å². The third-order valence-electron chi connectivity index (χ3n) is 3.54. The number of amides is 1. The molecule has 2 atom stereocenters. The number of nitrogens with zero attached hydrogens (tertiary/aromatic N) is 2. The number of oxime groups is 1. The van der Waals surface area contributed by atoms with Crippen LogP contribution < -0.4 is 11.1 Å². The van der Waals surface area contributed by atoms with Crippen LogP contribution in [0.25, 0.3) is 0 Å². The number of carbonyl (C=O) groups is 1. The molecule has 0 saturated carbocycles. The van der Waals surface area contributed by atoms with Crippen molar-refractivity contribution in [2.45, 2.75) is 39.2 Å². The molecule has 4 N–H and O–H groups in total. The summed E-state index contributed by atoms with van der Waals surface area (Å²) in [5.41, 5.74) is 5.40. The van der Waals surface area contributed by atoms with Crippen molar-refractivity contribution in [2.75, 3.05) is 19.6 Å². The van der Waals surface area contributed by atoms with Gasteiger partial charge in [-0.25, -0.2) is 0 Å². The van der Waals surface area contributed by atoms with Gasteiger partial charge in [0.25, 0.3) is 0 Å². The maximum absolute atomic E-state index is 11.7. The Morgan fingerprint density at radius 1 is 1.39 bits per heavy atom. The topological polar surface area (TPSA) is 91.0 Å². The number of piperidine rings is 1. The zero-order valence-electron chi connectivity index (χ0n) is 11.2. The van der Waals surface area contributed by atoms with E-state index >= 15 is 0 Å². The lowest BCUT2D eigenvalue weighted by Crippen LogP contribution is -2.46. The molecule has 0 spiro atoms. The van der Waals surface area contributed by atoms with Crippen molar-refractivity contribution in [3.05, 3.63) is 0 Å². The predicted molar refractivity (Wildman–Crippen MR) is 70.5 cm³/mol. The van der Waals surface area contributed by atoms with Crippen molar-refractivity contribution in [1.82, 2.24) is 10.2 Å². The van der Waals surface area contributed by atoms with E-state index in [2.05, 4.69) is 22.3 Å². The Kier molecular flexibility index (Phi) is 5.91. The van der Waals surface area contributed by atoms with E-state index in [1.807, 2.05) is 0 Å². The second-order valence-corrected chi connectivity index (χ2v) is 4.94. The summed E-state index contributed by atoms with van der Waals surface area (Å²) >= 11 is 0. The number of nitrogens with two attached hydrogens (primary N) is 1. The SMILES string of the molecule is CC(C(=O)NCC(C)N1CCCCC1)C(N)=NO. The Hall–Kier alpha value is -1.30. The van der Waals surface area contributed by atoms with Gasteiger partial charge in [0, 0.05) is 12.6 Å². The number of nitrogens with one attached hydrogen (secondary N) is 1. The fraction of sp³-hybridized carbons (Fsp3) is 0.833. The highest BCUT2D eigenvalue weighted by Gasteiger charge is 2.20. The average Bonchev–Trinajstić information content (AvgIpc) is 2.43. The van der Waals surface area contributed by atoms with Crippen LogP contribution in [0.4, 0.5) is 0 Å². The zero-order chi connectivity index (χ0) is 13.5. The molecule has 0 aromatic carbocycles. The van der Waals surface area contributed by atoms with Crippen LogP contribution in [0.5, 0.6) is 0 Å². The van der Waals surface area contributed by atoms with E-state index in [-0.39, 0.29) is 11.7 Å². The number of rotatable bonds is 5. The van der Waals surface area contributed by atoms with Gasteiger partial charge in [-0.15, -0.1) is 0 Å².